The van der Waals surface area contributed by atoms with Crippen molar-refractivity contribution in [2.24, 2.45) is 0 Å². The second kappa shape index (κ2) is 11.2. The minimum atomic E-state index is -1.02. The molecule has 0 saturated heterocycles. The highest BCUT2D eigenvalue weighted by atomic mass is 16.5. The van der Waals surface area contributed by atoms with Gasteiger partial charge in [0.25, 0.3) is 0 Å². The Hall–Kier alpha value is -4.32. The summed E-state index contributed by atoms with van der Waals surface area (Å²) in [6.07, 6.45) is 6.61. The number of ether oxygens (including phenoxy) is 2. The summed E-state index contributed by atoms with van der Waals surface area (Å²) >= 11 is 0. The van der Waals surface area contributed by atoms with E-state index in [1.807, 2.05) is 48.6 Å². The largest absolute Gasteiger partial charge is 0.496 e. The Bertz CT molecular complexity index is 1230. The Balaban J connectivity index is 1.27. The average molecular weight is 470 g/mol. The van der Waals surface area contributed by atoms with Crippen LogP contribution in [0.15, 0.2) is 78.9 Å². The summed E-state index contributed by atoms with van der Waals surface area (Å²) in [4.78, 5) is 23.1. The summed E-state index contributed by atoms with van der Waals surface area (Å²) in [6.45, 7) is 0.725. The number of hydrogen-bond acceptors (Lipinski definition) is 4. The third-order valence-corrected chi connectivity index (χ3v) is 5.89. The summed E-state index contributed by atoms with van der Waals surface area (Å²) in [5, 5.41) is 11.6. The van der Waals surface area contributed by atoms with Gasteiger partial charge in [-0.15, -0.1) is 0 Å². The number of hydrogen-bond donors (Lipinski definition) is 2. The molecule has 0 aromatic heterocycles. The number of aliphatic carboxylic acids is 1. The van der Waals surface area contributed by atoms with Gasteiger partial charge < -0.3 is 19.9 Å². The molecular weight excluding hydrogens is 442 g/mol. The minimum absolute atomic E-state index is 0.0347. The van der Waals surface area contributed by atoms with Crippen LogP contribution in [0.25, 0.3) is 23.3 Å². The Morgan fingerprint density at radius 1 is 0.971 bits per heavy atom. The van der Waals surface area contributed by atoms with E-state index in [-0.39, 0.29) is 12.5 Å². The van der Waals surface area contributed by atoms with Crippen molar-refractivity contribution in [2.45, 2.75) is 12.3 Å². The van der Waals surface area contributed by atoms with Crippen LogP contribution in [0.3, 0.4) is 0 Å². The van der Waals surface area contributed by atoms with Crippen molar-refractivity contribution < 1.29 is 24.2 Å². The zero-order chi connectivity index (χ0) is 24.6. The maximum Gasteiger partial charge on any atom is 0.407 e. The summed E-state index contributed by atoms with van der Waals surface area (Å²) in [7, 11) is 1.54. The molecule has 3 aromatic rings. The fraction of sp³-hybridized carbons (Fsp3) is 0.172. The molecule has 0 heterocycles. The van der Waals surface area contributed by atoms with Crippen LogP contribution < -0.4 is 10.1 Å². The van der Waals surface area contributed by atoms with Crippen molar-refractivity contribution in [3.63, 3.8) is 0 Å². The van der Waals surface area contributed by atoms with E-state index in [0.29, 0.717) is 24.3 Å². The van der Waals surface area contributed by atoms with Gasteiger partial charge in [-0.3, -0.25) is 0 Å². The Kier molecular flexibility index (Phi) is 7.63. The van der Waals surface area contributed by atoms with E-state index in [1.54, 1.807) is 6.07 Å². The standard InChI is InChI=1S/C29H27NO5/c1-34-27-15-13-20(18-21(27)14-16-28(31)32)8-6-7-17-30-29(33)35-19-26-24-11-4-2-9-22(24)23-10-3-5-12-25(23)26/h2-6,8-16,18,26H,7,17,19H2,1H3,(H,30,33)(H,31,32)/b8-6?,16-14+. The molecule has 35 heavy (non-hydrogen) atoms. The molecule has 178 valence electrons. The van der Waals surface area contributed by atoms with Crippen LogP contribution >= 0.6 is 0 Å². The number of nitrogens with one attached hydrogen (secondary N) is 1. The Labute approximate surface area is 204 Å². The molecule has 1 aliphatic rings. The minimum Gasteiger partial charge on any atom is -0.496 e. The van der Waals surface area contributed by atoms with E-state index in [4.69, 9.17) is 14.6 Å². The number of benzene rings is 3. The highest BCUT2D eigenvalue weighted by Gasteiger charge is 2.28. The molecular formula is C29H27NO5. The third-order valence-electron chi connectivity index (χ3n) is 5.89. The lowest BCUT2D eigenvalue weighted by atomic mass is 9.98. The monoisotopic (exact) mass is 469 g/mol. The molecule has 1 amide bonds. The molecule has 6 nitrogen and oxygen atoms in total. The molecule has 0 atom stereocenters. The topological polar surface area (TPSA) is 84.9 Å². The third kappa shape index (κ3) is 5.79. The number of rotatable bonds is 9. The molecule has 1 aliphatic carbocycles. The van der Waals surface area contributed by atoms with Gasteiger partial charge in [0, 0.05) is 24.1 Å². The van der Waals surface area contributed by atoms with Gasteiger partial charge in [-0.1, -0.05) is 66.7 Å². The van der Waals surface area contributed by atoms with Gasteiger partial charge >= 0.3 is 12.1 Å². The molecule has 2 N–H and O–H groups in total. The van der Waals surface area contributed by atoms with Crippen LogP contribution in [0.2, 0.25) is 0 Å². The molecule has 0 bridgehead atoms. The van der Waals surface area contributed by atoms with Gasteiger partial charge in [0.05, 0.1) is 7.11 Å². The van der Waals surface area contributed by atoms with Gasteiger partial charge in [-0.25, -0.2) is 9.59 Å². The molecule has 0 unspecified atom stereocenters. The van der Waals surface area contributed by atoms with E-state index >= 15 is 0 Å². The number of carboxylic acid groups (broad SMARTS) is 1. The van der Waals surface area contributed by atoms with Gasteiger partial charge in [0.2, 0.25) is 0 Å². The number of carbonyl (C=O) groups is 2. The fourth-order valence-electron chi connectivity index (χ4n) is 4.27. The van der Waals surface area contributed by atoms with Crippen molar-refractivity contribution in [3.8, 4) is 16.9 Å². The van der Waals surface area contributed by atoms with Crippen molar-refractivity contribution >= 4 is 24.2 Å². The van der Waals surface area contributed by atoms with Crippen LogP contribution in [-0.2, 0) is 9.53 Å². The van der Waals surface area contributed by atoms with Crippen LogP contribution in [0.5, 0.6) is 5.75 Å². The van der Waals surface area contributed by atoms with E-state index in [2.05, 4.69) is 29.6 Å². The number of alkyl carbamates (subject to hydrolysis) is 1. The zero-order valence-electron chi connectivity index (χ0n) is 19.4. The first-order valence-corrected chi connectivity index (χ1v) is 11.4. The normalized spacial score (nSPS) is 12.5. The van der Waals surface area contributed by atoms with Crippen LogP contribution in [0.4, 0.5) is 4.79 Å². The highest BCUT2D eigenvalue weighted by molar-refractivity contribution is 5.86. The van der Waals surface area contributed by atoms with Crippen molar-refractivity contribution in [3.05, 3.63) is 101 Å². The highest BCUT2D eigenvalue weighted by Crippen LogP contribution is 2.44. The smallest absolute Gasteiger partial charge is 0.407 e. The van der Waals surface area contributed by atoms with E-state index in [9.17, 15) is 9.59 Å². The van der Waals surface area contributed by atoms with Crippen LogP contribution in [-0.4, -0.2) is 37.4 Å². The maximum atomic E-state index is 12.3. The summed E-state index contributed by atoms with van der Waals surface area (Å²) in [6, 6.07) is 22.0. The molecule has 6 heteroatoms. The Morgan fingerprint density at radius 3 is 2.31 bits per heavy atom. The lowest BCUT2D eigenvalue weighted by molar-refractivity contribution is -0.131. The fourth-order valence-corrected chi connectivity index (χ4v) is 4.27. The lowest BCUT2D eigenvalue weighted by Gasteiger charge is -2.14. The molecule has 0 fully saturated rings. The van der Waals surface area contributed by atoms with Gasteiger partial charge in [-0.05, 0) is 52.4 Å². The number of carbonyl (C=O) groups excluding carboxylic acids is 1. The summed E-state index contributed by atoms with van der Waals surface area (Å²) in [5.41, 5.74) is 6.33. The maximum absolute atomic E-state index is 12.3. The SMILES string of the molecule is COc1ccc(C=CCCNC(=O)OCC2c3ccccc3-c3ccccc32)cc1/C=C/C(=O)O. The lowest BCUT2D eigenvalue weighted by Crippen LogP contribution is -2.26. The van der Waals surface area contributed by atoms with E-state index < -0.39 is 12.1 Å². The average Bonchev–Trinajstić information content (AvgIpc) is 3.19. The first-order chi connectivity index (χ1) is 17.1. The summed E-state index contributed by atoms with van der Waals surface area (Å²) in [5.74, 6) is -0.392. The van der Waals surface area contributed by atoms with Crippen LogP contribution in [0.1, 0.15) is 34.6 Å². The quantitative estimate of drug-likeness (QED) is 0.309. The van der Waals surface area contributed by atoms with Crippen molar-refractivity contribution in [1.82, 2.24) is 5.32 Å². The Morgan fingerprint density at radius 2 is 1.66 bits per heavy atom. The molecule has 0 spiro atoms. The molecule has 4 rings (SSSR count). The second-order valence-electron chi connectivity index (χ2n) is 8.12. The summed E-state index contributed by atoms with van der Waals surface area (Å²) < 4.78 is 10.8. The number of amides is 1. The predicted molar refractivity (Wildman–Crippen MR) is 136 cm³/mol. The number of carboxylic acids is 1. The first-order valence-electron chi connectivity index (χ1n) is 11.4. The molecule has 3 aromatic carbocycles. The zero-order valence-corrected chi connectivity index (χ0v) is 19.4. The van der Waals surface area contributed by atoms with Crippen LogP contribution in [0, 0.1) is 0 Å². The van der Waals surface area contributed by atoms with Gasteiger partial charge in [0.1, 0.15) is 12.4 Å². The van der Waals surface area contributed by atoms with Crippen molar-refractivity contribution in [1.29, 1.82) is 0 Å². The van der Waals surface area contributed by atoms with Gasteiger partial charge in [-0.2, -0.15) is 0 Å². The van der Waals surface area contributed by atoms with Crippen molar-refractivity contribution in [2.75, 3.05) is 20.3 Å². The molecule has 0 saturated carbocycles. The first kappa shape index (κ1) is 23.8. The van der Waals surface area contributed by atoms with E-state index in [1.165, 1.54) is 35.4 Å². The van der Waals surface area contributed by atoms with Gasteiger partial charge in [0.15, 0.2) is 0 Å². The predicted octanol–water partition coefficient (Wildman–Crippen LogP) is 5.74. The number of fused-ring (bicyclic) bond motifs is 3. The van der Waals surface area contributed by atoms with E-state index in [0.717, 1.165) is 11.6 Å². The molecule has 0 aliphatic heterocycles. The number of methoxy groups -OCH3 is 1. The second-order valence-corrected chi connectivity index (χ2v) is 8.12. The molecule has 0 radical (unpaired) electrons.